The Morgan fingerprint density at radius 3 is 2.72 bits per heavy atom. The van der Waals surface area contributed by atoms with Crippen LogP contribution in [0.1, 0.15) is 38.3 Å². The second kappa shape index (κ2) is 8.23. The molecule has 2 fully saturated rings. The summed E-state index contributed by atoms with van der Waals surface area (Å²) < 4.78 is 13.4. The summed E-state index contributed by atoms with van der Waals surface area (Å²) in [7, 11) is 0. The van der Waals surface area contributed by atoms with E-state index in [-0.39, 0.29) is 23.7 Å². The molecule has 2 aliphatic rings. The molecule has 4 unspecified atom stereocenters. The predicted molar refractivity (Wildman–Crippen MR) is 94.7 cm³/mol. The fourth-order valence-electron chi connectivity index (χ4n) is 3.85. The third-order valence-corrected chi connectivity index (χ3v) is 5.36. The highest BCUT2D eigenvalue weighted by Crippen LogP contribution is 2.25. The summed E-state index contributed by atoms with van der Waals surface area (Å²) in [4.78, 5) is 12.5. The van der Waals surface area contributed by atoms with Crippen molar-refractivity contribution < 1.29 is 9.18 Å². The molecule has 138 valence electrons. The molecule has 1 aromatic carbocycles. The SMILES string of the molecule is CC1NNC(C)C1CCCNC(=O)C1CNNC1c1cccc(F)c1. The number of benzene rings is 1. The van der Waals surface area contributed by atoms with E-state index in [0.29, 0.717) is 31.1 Å². The topological polar surface area (TPSA) is 77.2 Å². The highest BCUT2D eigenvalue weighted by atomic mass is 19.1. The van der Waals surface area contributed by atoms with Gasteiger partial charge in [0.2, 0.25) is 5.91 Å². The van der Waals surface area contributed by atoms with Crippen LogP contribution in [0, 0.1) is 17.7 Å². The smallest absolute Gasteiger partial charge is 0.226 e. The van der Waals surface area contributed by atoms with Crippen molar-refractivity contribution in [2.45, 2.75) is 44.8 Å². The van der Waals surface area contributed by atoms with Crippen LogP contribution in [-0.2, 0) is 4.79 Å². The monoisotopic (exact) mass is 349 g/mol. The molecule has 0 radical (unpaired) electrons. The molecule has 0 saturated carbocycles. The zero-order valence-electron chi connectivity index (χ0n) is 14.8. The number of hydrogen-bond acceptors (Lipinski definition) is 5. The van der Waals surface area contributed by atoms with Gasteiger partial charge in [-0.05, 0) is 50.3 Å². The second-order valence-electron chi connectivity index (χ2n) is 7.13. The maximum Gasteiger partial charge on any atom is 0.226 e. The maximum atomic E-state index is 13.4. The summed E-state index contributed by atoms with van der Waals surface area (Å²) in [5.74, 6) is 0.0594. The van der Waals surface area contributed by atoms with Gasteiger partial charge in [0, 0.05) is 25.2 Å². The summed E-state index contributed by atoms with van der Waals surface area (Å²) in [5.41, 5.74) is 13.4. The number of nitrogens with one attached hydrogen (secondary N) is 5. The number of amides is 1. The van der Waals surface area contributed by atoms with Gasteiger partial charge in [-0.15, -0.1) is 0 Å². The molecule has 7 heteroatoms. The molecule has 2 saturated heterocycles. The van der Waals surface area contributed by atoms with Crippen LogP contribution in [0.4, 0.5) is 4.39 Å². The number of hydrogen-bond donors (Lipinski definition) is 5. The molecule has 2 aliphatic heterocycles. The van der Waals surface area contributed by atoms with E-state index in [1.165, 1.54) is 12.1 Å². The van der Waals surface area contributed by atoms with Gasteiger partial charge in [-0.3, -0.25) is 21.1 Å². The Morgan fingerprint density at radius 1 is 1.24 bits per heavy atom. The van der Waals surface area contributed by atoms with E-state index in [1.54, 1.807) is 6.07 Å². The average molecular weight is 349 g/mol. The number of halogens is 1. The van der Waals surface area contributed by atoms with Gasteiger partial charge in [-0.2, -0.15) is 0 Å². The van der Waals surface area contributed by atoms with Gasteiger partial charge in [0.1, 0.15) is 5.82 Å². The molecule has 6 nitrogen and oxygen atoms in total. The van der Waals surface area contributed by atoms with Crippen LogP contribution in [0.2, 0.25) is 0 Å². The van der Waals surface area contributed by atoms with E-state index in [4.69, 9.17) is 0 Å². The molecule has 3 rings (SSSR count). The van der Waals surface area contributed by atoms with Crippen LogP contribution in [-0.4, -0.2) is 31.1 Å². The third-order valence-electron chi connectivity index (χ3n) is 5.36. The molecule has 0 aliphatic carbocycles. The first-order valence-electron chi connectivity index (χ1n) is 9.09. The van der Waals surface area contributed by atoms with Crippen molar-refractivity contribution in [2.75, 3.05) is 13.1 Å². The van der Waals surface area contributed by atoms with Crippen LogP contribution in [0.3, 0.4) is 0 Å². The Balaban J connectivity index is 1.47. The molecule has 0 bridgehead atoms. The molecule has 0 spiro atoms. The zero-order chi connectivity index (χ0) is 17.8. The van der Waals surface area contributed by atoms with Gasteiger partial charge in [-0.25, -0.2) is 9.82 Å². The molecule has 1 amide bonds. The van der Waals surface area contributed by atoms with E-state index >= 15 is 0 Å². The lowest BCUT2D eigenvalue weighted by Gasteiger charge is -2.20. The summed E-state index contributed by atoms with van der Waals surface area (Å²) in [6.07, 6.45) is 2.02. The Morgan fingerprint density at radius 2 is 2.00 bits per heavy atom. The van der Waals surface area contributed by atoms with Crippen molar-refractivity contribution >= 4 is 5.91 Å². The van der Waals surface area contributed by atoms with Crippen LogP contribution in [0.15, 0.2) is 24.3 Å². The van der Waals surface area contributed by atoms with Crippen molar-refractivity contribution in [3.63, 3.8) is 0 Å². The lowest BCUT2D eigenvalue weighted by Crippen LogP contribution is -2.36. The Kier molecular flexibility index (Phi) is 6.01. The first kappa shape index (κ1) is 18.3. The average Bonchev–Trinajstić information content (AvgIpc) is 3.20. The van der Waals surface area contributed by atoms with Crippen molar-refractivity contribution in [1.29, 1.82) is 0 Å². The van der Waals surface area contributed by atoms with Crippen molar-refractivity contribution in [2.24, 2.45) is 11.8 Å². The van der Waals surface area contributed by atoms with Gasteiger partial charge in [0.25, 0.3) is 0 Å². The molecular weight excluding hydrogens is 321 g/mol. The molecule has 2 heterocycles. The summed E-state index contributed by atoms with van der Waals surface area (Å²) in [5, 5.41) is 3.04. The standard InChI is InChI=1S/C18H28FN5O/c1-11-15(12(2)23-22-11)7-4-8-20-18(25)16-10-21-24-17(16)13-5-3-6-14(19)9-13/h3,5-6,9,11-12,15-17,21-24H,4,7-8,10H2,1-2H3,(H,20,25). The van der Waals surface area contributed by atoms with E-state index in [2.05, 4.69) is 40.9 Å². The van der Waals surface area contributed by atoms with Gasteiger partial charge < -0.3 is 5.32 Å². The van der Waals surface area contributed by atoms with Crippen LogP contribution in [0.5, 0.6) is 0 Å². The Labute approximate surface area is 148 Å². The second-order valence-corrected chi connectivity index (χ2v) is 7.13. The number of hydrazine groups is 2. The number of carbonyl (C=O) groups excluding carboxylic acids is 1. The number of carbonyl (C=O) groups is 1. The van der Waals surface area contributed by atoms with Crippen molar-refractivity contribution in [3.8, 4) is 0 Å². The fourth-order valence-corrected chi connectivity index (χ4v) is 3.85. The highest BCUT2D eigenvalue weighted by molar-refractivity contribution is 5.80. The third kappa shape index (κ3) is 4.36. The largest absolute Gasteiger partial charge is 0.356 e. The minimum atomic E-state index is -0.285. The summed E-state index contributed by atoms with van der Waals surface area (Å²) in [6.45, 7) is 5.57. The van der Waals surface area contributed by atoms with Gasteiger partial charge in [0.05, 0.1) is 12.0 Å². The van der Waals surface area contributed by atoms with Gasteiger partial charge >= 0.3 is 0 Å². The quantitative estimate of drug-likeness (QED) is 0.495. The zero-order valence-corrected chi connectivity index (χ0v) is 14.8. The Hall–Kier alpha value is -1.54. The molecule has 1 aromatic rings. The minimum absolute atomic E-state index is 0.00975. The van der Waals surface area contributed by atoms with E-state index in [1.807, 2.05) is 6.07 Å². The molecule has 5 N–H and O–H groups in total. The maximum absolute atomic E-state index is 13.4. The highest BCUT2D eigenvalue weighted by Gasteiger charge is 2.34. The molecule has 0 aromatic heterocycles. The summed E-state index contributed by atoms with van der Waals surface area (Å²) >= 11 is 0. The van der Waals surface area contributed by atoms with E-state index < -0.39 is 0 Å². The molecular formula is C18H28FN5O. The van der Waals surface area contributed by atoms with Crippen LogP contribution < -0.4 is 27.0 Å². The minimum Gasteiger partial charge on any atom is -0.356 e. The number of rotatable bonds is 6. The lowest BCUT2D eigenvalue weighted by molar-refractivity contribution is -0.124. The first-order valence-corrected chi connectivity index (χ1v) is 9.09. The Bertz CT molecular complexity index is 589. The predicted octanol–water partition coefficient (Wildman–Crippen LogP) is 0.988. The van der Waals surface area contributed by atoms with Crippen molar-refractivity contribution in [1.82, 2.24) is 27.0 Å². The molecule has 4 atom stereocenters. The molecule has 25 heavy (non-hydrogen) atoms. The summed E-state index contributed by atoms with van der Waals surface area (Å²) in [6, 6.07) is 7.10. The normalized spacial score (nSPS) is 32.0. The van der Waals surface area contributed by atoms with E-state index in [0.717, 1.165) is 18.4 Å². The lowest BCUT2D eigenvalue weighted by atomic mass is 9.91. The van der Waals surface area contributed by atoms with Crippen LogP contribution in [0.25, 0.3) is 0 Å². The first-order chi connectivity index (χ1) is 12.1. The van der Waals surface area contributed by atoms with E-state index in [9.17, 15) is 9.18 Å². The van der Waals surface area contributed by atoms with Crippen LogP contribution >= 0.6 is 0 Å². The van der Waals surface area contributed by atoms with Gasteiger partial charge in [0.15, 0.2) is 0 Å². The van der Waals surface area contributed by atoms with Crippen molar-refractivity contribution in [3.05, 3.63) is 35.6 Å². The van der Waals surface area contributed by atoms with Gasteiger partial charge in [-0.1, -0.05) is 12.1 Å². The fraction of sp³-hybridized carbons (Fsp3) is 0.611.